The highest BCUT2D eigenvalue weighted by atomic mass is 14.9. The van der Waals surface area contributed by atoms with Crippen LogP contribution in [0.2, 0.25) is 0 Å². The average Bonchev–Trinajstić information content (AvgIpc) is 3.28. The van der Waals surface area contributed by atoms with Crippen LogP contribution < -0.4 is 4.57 Å². The Morgan fingerprint density at radius 2 is 1.85 bits per heavy atom. The molecule has 26 heavy (non-hydrogen) atoms. The van der Waals surface area contributed by atoms with E-state index in [1.54, 1.807) is 11.1 Å². The number of aryl methyl sites for hydroxylation is 1. The second-order valence-electron chi connectivity index (χ2n) is 7.96. The van der Waals surface area contributed by atoms with Gasteiger partial charge in [-0.3, -0.25) is 0 Å². The van der Waals surface area contributed by atoms with Crippen molar-refractivity contribution in [1.82, 2.24) is 0 Å². The summed E-state index contributed by atoms with van der Waals surface area (Å²) in [5, 5.41) is 1.93. The van der Waals surface area contributed by atoms with Gasteiger partial charge in [-0.25, -0.2) is 4.85 Å². The first-order valence-corrected chi connectivity index (χ1v) is 9.44. The van der Waals surface area contributed by atoms with Gasteiger partial charge in [0.25, 0.3) is 0 Å². The van der Waals surface area contributed by atoms with Crippen molar-refractivity contribution < 1.29 is 5.94 Å². The standard InChI is InChI=1S/C24H23N2/c1-14-9-22-16-5-6-17(11-16)23(22)13-21(14)24-20-8-7-19(25-3)12-18(20)10-15(2)26(24)4/h7-10,12-13,16-17H,5-6,11H2,1-2,4H3/q+1/i10D. The van der Waals surface area contributed by atoms with Crippen LogP contribution in [-0.4, -0.2) is 0 Å². The van der Waals surface area contributed by atoms with Crippen LogP contribution in [0, 0.1) is 20.4 Å². The summed E-state index contributed by atoms with van der Waals surface area (Å²) in [6.45, 7) is 11.5. The van der Waals surface area contributed by atoms with Crippen LogP contribution >= 0.6 is 0 Å². The van der Waals surface area contributed by atoms with E-state index in [2.05, 4.69) is 35.5 Å². The van der Waals surface area contributed by atoms with Gasteiger partial charge in [0.2, 0.25) is 5.69 Å². The molecule has 128 valence electrons. The van der Waals surface area contributed by atoms with Gasteiger partial charge in [0, 0.05) is 13.0 Å². The Morgan fingerprint density at radius 1 is 1.12 bits per heavy atom. The van der Waals surface area contributed by atoms with Crippen LogP contribution in [0.1, 0.15) is 54.9 Å². The molecule has 2 bridgehead atoms. The van der Waals surface area contributed by atoms with Crippen LogP contribution in [0.25, 0.3) is 26.9 Å². The summed E-state index contributed by atoms with van der Waals surface area (Å²) in [6, 6.07) is 11.1. The van der Waals surface area contributed by atoms with Gasteiger partial charge < -0.3 is 0 Å². The summed E-state index contributed by atoms with van der Waals surface area (Å²) in [4.78, 5) is 3.57. The average molecular weight is 340 g/mol. The van der Waals surface area contributed by atoms with Gasteiger partial charge in [-0.15, -0.1) is 0 Å². The lowest BCUT2D eigenvalue weighted by Crippen LogP contribution is -2.35. The molecule has 0 N–H and O–H groups in total. The van der Waals surface area contributed by atoms with Gasteiger partial charge in [-0.2, -0.15) is 4.57 Å². The minimum atomic E-state index is 0.514. The highest BCUT2D eigenvalue weighted by Gasteiger charge is 2.37. The van der Waals surface area contributed by atoms with Gasteiger partial charge >= 0.3 is 0 Å². The smallest absolute Gasteiger partial charge is 0.220 e. The Kier molecular flexibility index (Phi) is 3.02. The first-order valence-electron chi connectivity index (χ1n) is 9.94. The molecule has 0 saturated heterocycles. The van der Waals surface area contributed by atoms with E-state index in [-0.39, 0.29) is 0 Å². The molecule has 1 fully saturated rings. The molecule has 2 atom stereocenters. The van der Waals surface area contributed by atoms with Crippen molar-refractivity contribution in [2.75, 3.05) is 0 Å². The lowest BCUT2D eigenvalue weighted by atomic mass is 9.87. The van der Waals surface area contributed by atoms with E-state index in [4.69, 9.17) is 7.94 Å². The molecular formula is C24H23N2+. The Morgan fingerprint density at radius 3 is 2.58 bits per heavy atom. The number of fused-ring (bicyclic) bond motifs is 6. The predicted octanol–water partition coefficient (Wildman–Crippen LogP) is 5.86. The molecule has 2 unspecified atom stereocenters. The lowest BCUT2D eigenvalue weighted by Gasteiger charge is -2.18. The molecule has 0 radical (unpaired) electrons. The first-order chi connectivity index (χ1) is 13.0. The van der Waals surface area contributed by atoms with Crippen LogP contribution in [0.5, 0.6) is 0 Å². The maximum atomic E-state index is 8.58. The van der Waals surface area contributed by atoms with Crippen molar-refractivity contribution in [2.24, 2.45) is 7.05 Å². The van der Waals surface area contributed by atoms with Gasteiger partial charge in [0.1, 0.15) is 7.05 Å². The van der Waals surface area contributed by atoms with E-state index in [1.165, 1.54) is 30.4 Å². The predicted molar refractivity (Wildman–Crippen MR) is 106 cm³/mol. The molecule has 0 amide bonds. The Labute approximate surface area is 156 Å². The number of rotatable bonds is 1. The summed E-state index contributed by atoms with van der Waals surface area (Å²) < 4.78 is 10.7. The number of nitrogens with zero attached hydrogens (tertiary/aromatic N) is 2. The van der Waals surface area contributed by atoms with Crippen LogP contribution in [-0.2, 0) is 7.05 Å². The second-order valence-corrected chi connectivity index (χ2v) is 7.96. The molecular weight excluding hydrogens is 316 g/mol. The van der Waals surface area contributed by atoms with Gasteiger partial charge in [-0.05, 0) is 72.2 Å². The van der Waals surface area contributed by atoms with Crippen LogP contribution in [0.4, 0.5) is 5.69 Å². The normalized spacial score (nSPS) is 20.9. The molecule has 2 aliphatic carbocycles. The fourth-order valence-electron chi connectivity index (χ4n) is 5.12. The molecule has 0 spiro atoms. The highest BCUT2D eigenvalue weighted by molar-refractivity contribution is 5.96. The van der Waals surface area contributed by atoms with Crippen molar-refractivity contribution in [2.45, 2.75) is 44.9 Å². The third-order valence-electron chi connectivity index (χ3n) is 6.54. The third-order valence-corrected chi connectivity index (χ3v) is 6.54. The minimum absolute atomic E-state index is 0.514. The van der Waals surface area contributed by atoms with E-state index >= 15 is 0 Å². The van der Waals surface area contributed by atoms with E-state index < -0.39 is 0 Å². The van der Waals surface area contributed by atoms with Crippen molar-refractivity contribution >= 4 is 16.5 Å². The molecule has 0 aliphatic heterocycles. The molecule has 2 aliphatic rings. The Hall–Kier alpha value is -2.66. The van der Waals surface area contributed by atoms with Crippen LogP contribution in [0.3, 0.4) is 0 Å². The summed E-state index contributed by atoms with van der Waals surface area (Å²) >= 11 is 0. The van der Waals surface area contributed by atoms with Crippen molar-refractivity contribution in [1.29, 1.82) is 0 Å². The van der Waals surface area contributed by atoms with Crippen molar-refractivity contribution in [3.63, 3.8) is 0 Å². The molecule has 1 aromatic heterocycles. The zero-order valence-electron chi connectivity index (χ0n) is 16.6. The maximum Gasteiger partial charge on any atom is 0.220 e. The number of hydrogen-bond donors (Lipinski definition) is 0. The topological polar surface area (TPSA) is 8.24 Å². The zero-order chi connectivity index (χ0) is 18.9. The molecule has 1 heterocycles. The fraction of sp³-hybridized carbons (Fsp3) is 0.333. The number of hydrogen-bond acceptors (Lipinski definition) is 0. The van der Waals surface area contributed by atoms with Gasteiger partial charge in [-0.1, -0.05) is 18.2 Å². The van der Waals surface area contributed by atoms with E-state index in [1.807, 2.05) is 25.1 Å². The summed E-state index contributed by atoms with van der Waals surface area (Å²) in [5.74, 6) is 1.49. The number of benzene rings is 2. The van der Waals surface area contributed by atoms with Crippen molar-refractivity contribution in [3.05, 3.63) is 70.2 Å². The first kappa shape index (κ1) is 14.5. The number of pyridine rings is 1. The van der Waals surface area contributed by atoms with E-state index in [9.17, 15) is 0 Å². The summed E-state index contributed by atoms with van der Waals surface area (Å²) in [7, 11) is 2.06. The lowest BCUT2D eigenvalue weighted by molar-refractivity contribution is -0.665. The van der Waals surface area contributed by atoms with Gasteiger partial charge in [0.15, 0.2) is 11.4 Å². The van der Waals surface area contributed by atoms with E-state index in [0.29, 0.717) is 11.7 Å². The molecule has 2 aromatic carbocycles. The Bertz CT molecular complexity index is 1170. The largest absolute Gasteiger partial charge is 0.238 e. The molecule has 3 aromatic rings. The van der Waals surface area contributed by atoms with E-state index in [0.717, 1.165) is 34.0 Å². The molecule has 5 rings (SSSR count). The fourth-order valence-corrected chi connectivity index (χ4v) is 5.12. The molecule has 2 nitrogen and oxygen atoms in total. The zero-order valence-corrected chi connectivity index (χ0v) is 15.6. The van der Waals surface area contributed by atoms with Crippen LogP contribution in [0.15, 0.2) is 36.4 Å². The molecule has 1 saturated carbocycles. The summed E-state index contributed by atoms with van der Waals surface area (Å²) in [6.07, 6.45) is 4.00. The molecule has 2 heteroatoms. The minimum Gasteiger partial charge on any atom is -0.238 e. The second kappa shape index (κ2) is 5.42. The number of aromatic nitrogens is 1. The quantitative estimate of drug-likeness (QED) is 0.387. The Balaban J connectivity index is 1.84. The summed E-state index contributed by atoms with van der Waals surface area (Å²) in [5.41, 5.74) is 8.39. The SMILES string of the molecule is [2H]c1c(C)[n+](C)c(-c2cc3c(cc2C)C2CCC3C2)c2ccc([N+]#[C-])cc12. The van der Waals surface area contributed by atoms with Gasteiger partial charge in [0.05, 0.1) is 18.9 Å². The monoisotopic (exact) mass is 340 g/mol. The highest BCUT2D eigenvalue weighted by Crippen LogP contribution is 2.54. The van der Waals surface area contributed by atoms with Crippen molar-refractivity contribution in [3.8, 4) is 11.3 Å². The third kappa shape index (κ3) is 2.07. The maximum absolute atomic E-state index is 8.58.